The molecule has 27 heavy (non-hydrogen) atoms. The summed E-state index contributed by atoms with van der Waals surface area (Å²) in [6.45, 7) is 0. The number of carbonyl (C=O) groups is 2. The van der Waals surface area contributed by atoms with Crippen molar-refractivity contribution in [3.8, 4) is 11.3 Å². The lowest BCUT2D eigenvalue weighted by Crippen LogP contribution is -2.41. The van der Waals surface area contributed by atoms with E-state index in [1.54, 1.807) is 7.05 Å². The van der Waals surface area contributed by atoms with E-state index in [1.807, 2.05) is 0 Å². The Morgan fingerprint density at radius 3 is 2.33 bits per heavy atom. The fourth-order valence-electron chi connectivity index (χ4n) is 3.25. The van der Waals surface area contributed by atoms with Gasteiger partial charge in [0.05, 0.1) is 11.6 Å². The van der Waals surface area contributed by atoms with Crippen LogP contribution < -0.4 is 10.6 Å². The largest absolute Gasteiger partial charge is 0.481 e. The Morgan fingerprint density at radius 2 is 1.74 bits per heavy atom. The van der Waals surface area contributed by atoms with E-state index in [-0.39, 0.29) is 17.5 Å². The molecule has 1 aromatic carbocycles. The van der Waals surface area contributed by atoms with E-state index in [9.17, 15) is 18.4 Å². The van der Waals surface area contributed by atoms with Gasteiger partial charge in [-0.05, 0) is 37.8 Å². The van der Waals surface area contributed by atoms with Crippen molar-refractivity contribution in [3.05, 3.63) is 35.9 Å². The highest BCUT2D eigenvalue weighted by Gasteiger charge is 2.26. The van der Waals surface area contributed by atoms with Crippen LogP contribution in [0.25, 0.3) is 11.3 Å². The van der Waals surface area contributed by atoms with Gasteiger partial charge in [0, 0.05) is 30.8 Å². The fraction of sp³-hybridized carbons (Fsp3) is 0.389. The number of anilines is 1. The Bertz CT molecular complexity index is 840. The van der Waals surface area contributed by atoms with Crippen molar-refractivity contribution in [1.29, 1.82) is 0 Å². The highest BCUT2D eigenvalue weighted by atomic mass is 19.1. The van der Waals surface area contributed by atoms with Crippen molar-refractivity contribution in [2.45, 2.75) is 31.7 Å². The predicted octanol–water partition coefficient (Wildman–Crippen LogP) is 3.13. The molecular weight excluding hydrogens is 358 g/mol. The molecule has 0 spiro atoms. The second kappa shape index (κ2) is 7.73. The van der Waals surface area contributed by atoms with Crippen LogP contribution in [0.5, 0.6) is 0 Å². The highest BCUT2D eigenvalue weighted by Crippen LogP contribution is 2.25. The first-order valence-corrected chi connectivity index (χ1v) is 8.62. The number of aromatic nitrogens is 2. The number of halogens is 2. The van der Waals surface area contributed by atoms with Crippen molar-refractivity contribution in [2.75, 3.05) is 5.32 Å². The maximum absolute atomic E-state index is 13.4. The van der Waals surface area contributed by atoms with E-state index in [4.69, 9.17) is 5.11 Å². The first-order valence-electron chi connectivity index (χ1n) is 8.62. The van der Waals surface area contributed by atoms with Gasteiger partial charge in [0.25, 0.3) is 0 Å². The molecule has 1 saturated carbocycles. The van der Waals surface area contributed by atoms with Gasteiger partial charge in [-0.3, -0.25) is 14.8 Å². The van der Waals surface area contributed by atoms with Crippen LogP contribution in [0.1, 0.15) is 25.7 Å². The van der Waals surface area contributed by atoms with Crippen LogP contribution in [0.4, 0.5) is 19.4 Å². The van der Waals surface area contributed by atoms with Gasteiger partial charge < -0.3 is 10.4 Å². The Balaban J connectivity index is 1.62. The molecule has 0 atom stereocenters. The summed E-state index contributed by atoms with van der Waals surface area (Å²) in [6, 6.07) is 4.10. The van der Waals surface area contributed by atoms with E-state index in [0.29, 0.717) is 37.2 Å². The van der Waals surface area contributed by atoms with Crippen LogP contribution in [-0.2, 0) is 11.8 Å². The Hall–Kier alpha value is -2.97. The third kappa shape index (κ3) is 4.60. The first-order chi connectivity index (χ1) is 12.8. The van der Waals surface area contributed by atoms with Gasteiger partial charge in [-0.2, -0.15) is 5.10 Å². The van der Waals surface area contributed by atoms with Gasteiger partial charge in [0.1, 0.15) is 17.5 Å². The Labute approximate surface area is 154 Å². The topological polar surface area (TPSA) is 96.3 Å². The number of hydrogen-bond donors (Lipinski definition) is 3. The molecule has 0 saturated heterocycles. The van der Waals surface area contributed by atoms with Crippen molar-refractivity contribution < 1.29 is 23.5 Å². The van der Waals surface area contributed by atoms with Crippen LogP contribution in [0.2, 0.25) is 0 Å². The number of carboxylic acids is 1. The van der Waals surface area contributed by atoms with E-state index >= 15 is 0 Å². The summed E-state index contributed by atoms with van der Waals surface area (Å²) in [5.74, 6) is -2.20. The monoisotopic (exact) mass is 378 g/mol. The zero-order chi connectivity index (χ0) is 19.6. The fourth-order valence-corrected chi connectivity index (χ4v) is 3.25. The normalized spacial score (nSPS) is 19.5. The number of amides is 2. The number of hydrogen-bond acceptors (Lipinski definition) is 3. The molecule has 9 heteroatoms. The average Bonchev–Trinajstić information content (AvgIpc) is 2.95. The molecule has 0 radical (unpaired) electrons. The average molecular weight is 378 g/mol. The number of aryl methyl sites for hydroxylation is 1. The molecule has 2 amide bonds. The first kappa shape index (κ1) is 18.8. The second-order valence-electron chi connectivity index (χ2n) is 6.68. The van der Waals surface area contributed by atoms with Crippen molar-refractivity contribution in [3.63, 3.8) is 0 Å². The van der Waals surface area contributed by atoms with E-state index in [1.165, 1.54) is 10.7 Å². The quantitative estimate of drug-likeness (QED) is 0.762. The molecule has 1 heterocycles. The zero-order valence-corrected chi connectivity index (χ0v) is 14.7. The van der Waals surface area contributed by atoms with Gasteiger partial charge in [-0.1, -0.05) is 0 Å². The van der Waals surface area contributed by atoms with E-state index in [2.05, 4.69) is 15.7 Å². The van der Waals surface area contributed by atoms with E-state index < -0.39 is 23.6 Å². The summed E-state index contributed by atoms with van der Waals surface area (Å²) in [7, 11) is 1.60. The molecule has 0 bridgehead atoms. The minimum Gasteiger partial charge on any atom is -0.481 e. The van der Waals surface area contributed by atoms with Crippen LogP contribution >= 0.6 is 0 Å². The molecule has 1 aliphatic rings. The van der Waals surface area contributed by atoms with Gasteiger partial charge in [0.2, 0.25) is 0 Å². The van der Waals surface area contributed by atoms with Crippen molar-refractivity contribution in [1.82, 2.24) is 15.1 Å². The second-order valence-corrected chi connectivity index (χ2v) is 6.68. The molecule has 0 aliphatic heterocycles. The number of rotatable bonds is 4. The number of urea groups is 1. The molecule has 1 aliphatic carbocycles. The molecule has 3 rings (SSSR count). The number of carboxylic acid groups (broad SMARTS) is 1. The number of aliphatic carboxylic acids is 1. The van der Waals surface area contributed by atoms with Gasteiger partial charge >= 0.3 is 12.0 Å². The molecule has 144 valence electrons. The smallest absolute Gasteiger partial charge is 0.320 e. The highest BCUT2D eigenvalue weighted by molar-refractivity contribution is 5.89. The molecule has 3 N–H and O–H groups in total. The van der Waals surface area contributed by atoms with Crippen LogP contribution in [0.3, 0.4) is 0 Å². The summed E-state index contributed by atoms with van der Waals surface area (Å²) in [6.07, 6.45) is 2.26. The van der Waals surface area contributed by atoms with Crippen LogP contribution in [0, 0.1) is 17.6 Å². The third-order valence-electron chi connectivity index (χ3n) is 4.69. The number of nitrogens with zero attached hydrogens (tertiary/aromatic N) is 2. The predicted molar refractivity (Wildman–Crippen MR) is 94.1 cm³/mol. The zero-order valence-electron chi connectivity index (χ0n) is 14.7. The number of carbonyl (C=O) groups excluding carboxylic acids is 1. The van der Waals surface area contributed by atoms with Gasteiger partial charge in [-0.15, -0.1) is 0 Å². The summed E-state index contributed by atoms with van der Waals surface area (Å²) in [5, 5.41) is 18.6. The number of benzene rings is 1. The summed E-state index contributed by atoms with van der Waals surface area (Å²) < 4.78 is 28.2. The van der Waals surface area contributed by atoms with Crippen molar-refractivity contribution >= 4 is 17.8 Å². The maximum Gasteiger partial charge on any atom is 0.320 e. The third-order valence-corrected chi connectivity index (χ3v) is 4.69. The minimum absolute atomic E-state index is 0.0920. The summed E-state index contributed by atoms with van der Waals surface area (Å²) >= 11 is 0. The summed E-state index contributed by atoms with van der Waals surface area (Å²) in [4.78, 5) is 23.2. The Morgan fingerprint density at radius 1 is 1.11 bits per heavy atom. The molecule has 7 nitrogen and oxygen atoms in total. The molecule has 0 unspecified atom stereocenters. The standard InChI is InChI=1S/C18H20F2N4O3/c1-24-16(9-15(23-24)11-6-12(19)8-13(20)7-11)22-18(27)21-14-4-2-10(3-5-14)17(25)26/h6-10,14H,2-5H2,1H3,(H,25,26)(H2,21,22,27). The van der Waals surface area contributed by atoms with Crippen LogP contribution in [0.15, 0.2) is 24.3 Å². The van der Waals surface area contributed by atoms with Gasteiger partial charge in [-0.25, -0.2) is 13.6 Å². The lowest BCUT2D eigenvalue weighted by atomic mass is 9.86. The SMILES string of the molecule is Cn1nc(-c2cc(F)cc(F)c2)cc1NC(=O)NC1CCC(C(=O)O)CC1. The Kier molecular flexibility index (Phi) is 5.38. The van der Waals surface area contributed by atoms with E-state index in [0.717, 1.165) is 18.2 Å². The molecule has 1 aromatic heterocycles. The molecular formula is C18H20F2N4O3. The van der Waals surface area contributed by atoms with Crippen molar-refractivity contribution in [2.24, 2.45) is 13.0 Å². The lowest BCUT2D eigenvalue weighted by molar-refractivity contribution is -0.142. The lowest BCUT2D eigenvalue weighted by Gasteiger charge is -2.26. The molecule has 1 fully saturated rings. The molecule has 2 aromatic rings. The maximum atomic E-state index is 13.4. The minimum atomic E-state index is -0.797. The van der Waals surface area contributed by atoms with Crippen LogP contribution in [-0.4, -0.2) is 32.9 Å². The summed E-state index contributed by atoms with van der Waals surface area (Å²) in [5.41, 5.74) is 0.594. The van der Waals surface area contributed by atoms with Gasteiger partial charge in [0.15, 0.2) is 0 Å². The number of nitrogens with one attached hydrogen (secondary N) is 2.